The third kappa shape index (κ3) is 12.2. The molecule has 8 nitrogen and oxygen atoms in total. The van der Waals surface area contributed by atoms with Crippen molar-refractivity contribution in [2.45, 2.75) is 96.8 Å². The molecule has 0 aromatic carbocycles. The van der Waals surface area contributed by atoms with Crippen LogP contribution >= 0.6 is 0 Å². The van der Waals surface area contributed by atoms with E-state index in [-0.39, 0.29) is 6.42 Å². The Bertz CT molecular complexity index is 582. The highest BCUT2D eigenvalue weighted by Gasteiger charge is 2.46. The number of carbonyl (C=O) groups is 3. The molecule has 0 aliphatic heterocycles. The minimum atomic E-state index is -4.87. The van der Waals surface area contributed by atoms with Crippen molar-refractivity contribution in [1.29, 1.82) is 0 Å². The number of hydrogen-bond acceptors (Lipinski definition) is 6. The molecule has 29 heavy (non-hydrogen) atoms. The van der Waals surface area contributed by atoms with Gasteiger partial charge >= 0.3 is 24.2 Å². The van der Waals surface area contributed by atoms with Crippen molar-refractivity contribution in [2.75, 3.05) is 0 Å². The van der Waals surface area contributed by atoms with E-state index in [0.29, 0.717) is 0 Å². The number of carbonyl (C=O) groups excluding carboxylic acids is 2. The fraction of sp³-hybridized carbons (Fsp3) is 0.833. The Balaban J connectivity index is 5.17. The highest BCUT2D eigenvalue weighted by Crippen LogP contribution is 2.24. The molecule has 11 heteroatoms. The Morgan fingerprint density at radius 2 is 1.45 bits per heavy atom. The summed E-state index contributed by atoms with van der Waals surface area (Å²) < 4.78 is 50.4. The fourth-order valence-electron chi connectivity index (χ4n) is 2.25. The van der Waals surface area contributed by atoms with E-state index in [2.05, 4.69) is 5.32 Å². The lowest BCUT2D eigenvalue weighted by Gasteiger charge is -2.31. The Hall–Kier alpha value is -2.04. The molecular weight excluding hydrogens is 397 g/mol. The van der Waals surface area contributed by atoms with Crippen molar-refractivity contribution in [3.05, 3.63) is 0 Å². The molecule has 0 bridgehead atoms. The zero-order chi connectivity index (χ0) is 23.2. The number of carboxylic acids is 1. The summed E-state index contributed by atoms with van der Waals surface area (Å²) in [6.07, 6.45) is -6.74. The molecule has 0 aromatic heterocycles. The smallest absolute Gasteiger partial charge is 0.407 e. The van der Waals surface area contributed by atoms with Gasteiger partial charge in [-0.2, -0.15) is 13.2 Å². The van der Waals surface area contributed by atoms with E-state index in [1.807, 2.05) is 5.32 Å². The highest BCUT2D eigenvalue weighted by atomic mass is 19.4. The number of alkyl carbamates (subject to hydrolysis) is 1. The number of ether oxygens (including phenoxy) is 2. The first-order valence-electron chi connectivity index (χ1n) is 9.09. The SMILES string of the molecule is C[C@H](NC(=O)OC(C)(C)C)[C@H](N[C@H](CCC(=O)OC(C)(C)C)C(=O)O)C(F)(F)F. The lowest BCUT2D eigenvalue weighted by Crippen LogP contribution is -2.60. The number of amides is 1. The van der Waals surface area contributed by atoms with Crippen LogP contribution in [0.3, 0.4) is 0 Å². The second-order valence-electron chi connectivity index (χ2n) is 8.64. The molecule has 0 aromatic rings. The van der Waals surface area contributed by atoms with Gasteiger partial charge in [0, 0.05) is 6.42 Å². The maximum atomic E-state index is 13.5. The molecule has 0 unspecified atom stereocenters. The molecule has 1 amide bonds. The third-order valence-electron chi connectivity index (χ3n) is 3.33. The van der Waals surface area contributed by atoms with Gasteiger partial charge in [0.05, 0.1) is 6.04 Å². The van der Waals surface area contributed by atoms with Crippen LogP contribution in [0.1, 0.15) is 61.3 Å². The lowest BCUT2D eigenvalue weighted by molar-refractivity contribution is -0.166. The second kappa shape index (κ2) is 10.1. The average Bonchev–Trinajstić information content (AvgIpc) is 2.40. The van der Waals surface area contributed by atoms with Crippen LogP contribution in [0, 0.1) is 0 Å². The maximum absolute atomic E-state index is 13.5. The van der Waals surface area contributed by atoms with Crippen LogP contribution < -0.4 is 10.6 Å². The van der Waals surface area contributed by atoms with Crippen LogP contribution in [0.5, 0.6) is 0 Å². The van der Waals surface area contributed by atoms with Crippen molar-refractivity contribution in [3.63, 3.8) is 0 Å². The normalized spacial score (nSPS) is 15.8. The summed E-state index contributed by atoms with van der Waals surface area (Å²) in [5.74, 6) is -2.29. The number of alkyl halides is 3. The van der Waals surface area contributed by atoms with Crippen molar-refractivity contribution in [1.82, 2.24) is 10.6 Å². The fourth-order valence-corrected chi connectivity index (χ4v) is 2.25. The van der Waals surface area contributed by atoms with Gasteiger partial charge in [-0.15, -0.1) is 0 Å². The zero-order valence-corrected chi connectivity index (χ0v) is 17.8. The number of nitrogens with one attached hydrogen (secondary N) is 2. The van der Waals surface area contributed by atoms with Crippen molar-refractivity contribution in [2.24, 2.45) is 0 Å². The Morgan fingerprint density at radius 1 is 0.966 bits per heavy atom. The van der Waals surface area contributed by atoms with Crippen LogP contribution in [-0.2, 0) is 19.1 Å². The minimum absolute atomic E-state index is 0.389. The summed E-state index contributed by atoms with van der Waals surface area (Å²) in [6.45, 7) is 10.6. The molecule has 0 aliphatic carbocycles. The first-order valence-corrected chi connectivity index (χ1v) is 9.09. The van der Waals surface area contributed by atoms with E-state index in [1.165, 1.54) is 0 Å². The molecular formula is C18H31F3N2O6. The van der Waals surface area contributed by atoms with Gasteiger partial charge in [-0.3, -0.25) is 14.9 Å². The van der Waals surface area contributed by atoms with E-state index in [1.54, 1.807) is 41.5 Å². The number of carboxylic acid groups (broad SMARTS) is 1. The van der Waals surface area contributed by atoms with Gasteiger partial charge in [0.15, 0.2) is 0 Å². The van der Waals surface area contributed by atoms with Gasteiger partial charge in [-0.25, -0.2) is 4.79 Å². The van der Waals surface area contributed by atoms with E-state index >= 15 is 0 Å². The predicted octanol–water partition coefficient (Wildman–Crippen LogP) is 3.00. The Labute approximate surface area is 168 Å². The maximum Gasteiger partial charge on any atom is 0.407 e. The van der Waals surface area contributed by atoms with Crippen molar-refractivity contribution < 1.29 is 42.1 Å². The Kier molecular flexibility index (Phi) is 9.42. The topological polar surface area (TPSA) is 114 Å². The van der Waals surface area contributed by atoms with Crippen LogP contribution in [-0.4, -0.2) is 58.6 Å². The van der Waals surface area contributed by atoms with Gasteiger partial charge in [0.1, 0.15) is 23.3 Å². The van der Waals surface area contributed by atoms with E-state index < -0.39 is 60.0 Å². The molecule has 3 atom stereocenters. The molecule has 0 spiro atoms. The number of halogens is 3. The number of aliphatic carboxylic acids is 1. The number of hydrogen-bond donors (Lipinski definition) is 3. The molecule has 0 rings (SSSR count). The largest absolute Gasteiger partial charge is 0.480 e. The molecule has 0 heterocycles. The van der Waals surface area contributed by atoms with Gasteiger partial charge in [0.2, 0.25) is 0 Å². The molecule has 170 valence electrons. The third-order valence-corrected chi connectivity index (χ3v) is 3.33. The molecule has 3 N–H and O–H groups in total. The zero-order valence-electron chi connectivity index (χ0n) is 17.8. The summed E-state index contributed by atoms with van der Waals surface area (Å²) in [5.41, 5.74) is -1.72. The van der Waals surface area contributed by atoms with Gasteiger partial charge in [-0.1, -0.05) is 0 Å². The summed E-state index contributed by atoms with van der Waals surface area (Å²) in [5, 5.41) is 13.3. The summed E-state index contributed by atoms with van der Waals surface area (Å²) in [4.78, 5) is 34.9. The first-order chi connectivity index (χ1) is 12.8. The number of rotatable bonds is 8. The Morgan fingerprint density at radius 3 is 1.83 bits per heavy atom. The molecule has 0 aliphatic rings. The summed E-state index contributed by atoms with van der Waals surface area (Å²) in [6, 6.07) is -5.60. The number of esters is 1. The van der Waals surface area contributed by atoms with Crippen LogP contribution in [0.2, 0.25) is 0 Å². The van der Waals surface area contributed by atoms with Crippen LogP contribution in [0.4, 0.5) is 18.0 Å². The van der Waals surface area contributed by atoms with Crippen molar-refractivity contribution in [3.8, 4) is 0 Å². The monoisotopic (exact) mass is 428 g/mol. The molecule has 0 saturated heterocycles. The quantitative estimate of drug-likeness (QED) is 0.509. The summed E-state index contributed by atoms with van der Waals surface area (Å²) >= 11 is 0. The van der Waals surface area contributed by atoms with Crippen LogP contribution in [0.25, 0.3) is 0 Å². The van der Waals surface area contributed by atoms with E-state index in [4.69, 9.17) is 9.47 Å². The molecule has 0 fully saturated rings. The lowest BCUT2D eigenvalue weighted by atomic mass is 10.1. The highest BCUT2D eigenvalue weighted by molar-refractivity contribution is 5.75. The molecule has 0 radical (unpaired) electrons. The van der Waals surface area contributed by atoms with Crippen molar-refractivity contribution >= 4 is 18.0 Å². The average molecular weight is 428 g/mol. The summed E-state index contributed by atoms with van der Waals surface area (Å²) in [7, 11) is 0. The van der Waals surface area contributed by atoms with E-state index in [9.17, 15) is 32.7 Å². The minimum Gasteiger partial charge on any atom is -0.480 e. The molecule has 0 saturated carbocycles. The van der Waals surface area contributed by atoms with Crippen LogP contribution in [0.15, 0.2) is 0 Å². The first kappa shape index (κ1) is 27.0. The second-order valence-corrected chi connectivity index (χ2v) is 8.64. The van der Waals surface area contributed by atoms with E-state index in [0.717, 1.165) is 6.92 Å². The van der Waals surface area contributed by atoms with Gasteiger partial charge in [-0.05, 0) is 54.9 Å². The standard InChI is InChI=1S/C18H31F3N2O6/c1-10(22-15(27)29-17(5,6)7)13(18(19,20)21)23-11(14(25)26)8-9-12(24)28-16(2,3)4/h10-11,13,23H,8-9H2,1-7H3,(H,22,27)(H,25,26)/t10-,11+,13-/m0/s1. The van der Waals surface area contributed by atoms with Gasteiger partial charge in [0.25, 0.3) is 0 Å². The predicted molar refractivity (Wildman–Crippen MR) is 98.3 cm³/mol. The van der Waals surface area contributed by atoms with Gasteiger partial charge < -0.3 is 19.9 Å².